The van der Waals surface area contributed by atoms with Gasteiger partial charge >= 0.3 is 0 Å². The molecule has 0 radical (unpaired) electrons. The Morgan fingerprint density at radius 1 is 1.33 bits per heavy atom. The monoisotopic (exact) mass is 249 g/mol. The molecule has 0 aliphatic carbocycles. The van der Waals surface area contributed by atoms with Crippen LogP contribution in [0.4, 0.5) is 0 Å². The minimum absolute atomic E-state index is 0.361. The molecule has 0 fully saturated rings. The zero-order valence-corrected chi connectivity index (χ0v) is 10.0. The van der Waals surface area contributed by atoms with Crippen LogP contribution in [0.25, 0.3) is 0 Å². The minimum Gasteiger partial charge on any atom is -0.494 e. The first-order chi connectivity index (χ1) is 6.97. The third-order valence-electron chi connectivity index (χ3n) is 2.06. The van der Waals surface area contributed by atoms with Gasteiger partial charge in [0.15, 0.2) is 5.75 Å². The van der Waals surface area contributed by atoms with E-state index in [-0.39, 0.29) is 6.04 Å². The van der Waals surface area contributed by atoms with Crippen LogP contribution in [0.2, 0.25) is 10.0 Å². The second kappa shape index (κ2) is 5.03. The summed E-state index contributed by atoms with van der Waals surface area (Å²) in [5.41, 5.74) is 6.16. The summed E-state index contributed by atoms with van der Waals surface area (Å²) in [7, 11) is 1.48. The smallest absolute Gasteiger partial charge is 0.156 e. The Bertz CT molecular complexity index is 332. The summed E-state index contributed by atoms with van der Waals surface area (Å²) >= 11 is 11.8. The number of aliphatic hydroxyl groups is 1. The van der Waals surface area contributed by atoms with Gasteiger partial charge in [-0.1, -0.05) is 23.2 Å². The first-order valence-electron chi connectivity index (χ1n) is 4.44. The van der Waals surface area contributed by atoms with Crippen LogP contribution in [-0.4, -0.2) is 18.3 Å². The maximum Gasteiger partial charge on any atom is 0.156 e. The third-order valence-corrected chi connectivity index (χ3v) is 2.63. The fraction of sp³-hybridized carbons (Fsp3) is 0.400. The lowest BCUT2D eigenvalue weighted by Crippen LogP contribution is -2.24. The molecule has 0 aliphatic rings. The van der Waals surface area contributed by atoms with Crippen molar-refractivity contribution >= 4 is 23.2 Å². The third kappa shape index (κ3) is 2.75. The second-order valence-corrected chi connectivity index (χ2v) is 4.14. The van der Waals surface area contributed by atoms with Gasteiger partial charge in [-0.2, -0.15) is 0 Å². The summed E-state index contributed by atoms with van der Waals surface area (Å²) in [6.07, 6.45) is -0.786. The maximum absolute atomic E-state index is 9.73. The first-order valence-corrected chi connectivity index (χ1v) is 5.19. The fourth-order valence-electron chi connectivity index (χ4n) is 1.25. The Labute approximate surface area is 98.7 Å². The lowest BCUT2D eigenvalue weighted by Gasteiger charge is -2.16. The van der Waals surface area contributed by atoms with Gasteiger partial charge in [0.05, 0.1) is 23.3 Å². The van der Waals surface area contributed by atoms with Crippen LogP contribution in [0.3, 0.4) is 0 Å². The van der Waals surface area contributed by atoms with Gasteiger partial charge in [-0.25, -0.2) is 0 Å². The van der Waals surface area contributed by atoms with Crippen molar-refractivity contribution in [3.63, 3.8) is 0 Å². The Balaban J connectivity index is 3.14. The van der Waals surface area contributed by atoms with E-state index < -0.39 is 6.10 Å². The van der Waals surface area contributed by atoms with Crippen LogP contribution in [0, 0.1) is 0 Å². The highest BCUT2D eigenvalue weighted by molar-refractivity contribution is 6.37. The number of rotatable bonds is 3. The molecule has 0 saturated carbocycles. The molecule has 1 rings (SSSR count). The van der Waals surface area contributed by atoms with E-state index in [1.165, 1.54) is 7.11 Å². The standard InChI is InChI=1S/C10H13Cl2NO2/c1-5(13)9(14)6-3-7(11)10(15-2)8(12)4-6/h3-5,9,14H,13H2,1-2H3/t5-,9-/m0/s1. The van der Waals surface area contributed by atoms with E-state index in [0.29, 0.717) is 21.4 Å². The maximum atomic E-state index is 9.73. The summed E-state index contributed by atoms with van der Waals surface area (Å²) < 4.78 is 4.99. The number of hydrogen-bond donors (Lipinski definition) is 2. The van der Waals surface area contributed by atoms with Crippen molar-refractivity contribution in [1.82, 2.24) is 0 Å². The summed E-state index contributed by atoms with van der Waals surface area (Å²) in [4.78, 5) is 0. The number of hydrogen-bond acceptors (Lipinski definition) is 3. The van der Waals surface area contributed by atoms with Crippen molar-refractivity contribution in [2.75, 3.05) is 7.11 Å². The molecule has 0 heterocycles. The molecular formula is C10H13Cl2NO2. The Morgan fingerprint density at radius 3 is 2.13 bits per heavy atom. The molecule has 1 aromatic carbocycles. The Kier molecular flexibility index (Phi) is 4.22. The molecule has 0 amide bonds. The van der Waals surface area contributed by atoms with Crippen LogP contribution in [0.5, 0.6) is 5.75 Å². The van der Waals surface area contributed by atoms with E-state index in [9.17, 15) is 5.11 Å². The fourth-order valence-corrected chi connectivity index (χ4v) is 1.91. The highest BCUT2D eigenvalue weighted by Gasteiger charge is 2.16. The number of nitrogens with two attached hydrogens (primary N) is 1. The van der Waals surface area contributed by atoms with E-state index >= 15 is 0 Å². The quantitative estimate of drug-likeness (QED) is 0.865. The predicted octanol–water partition coefficient (Wildman–Crippen LogP) is 2.38. The van der Waals surface area contributed by atoms with Crippen molar-refractivity contribution in [2.24, 2.45) is 5.73 Å². The average molecular weight is 250 g/mol. The minimum atomic E-state index is -0.786. The van der Waals surface area contributed by atoms with Gasteiger partial charge in [0, 0.05) is 6.04 Å². The number of ether oxygens (including phenoxy) is 1. The van der Waals surface area contributed by atoms with Gasteiger partial charge in [0.2, 0.25) is 0 Å². The topological polar surface area (TPSA) is 55.5 Å². The van der Waals surface area contributed by atoms with E-state index in [2.05, 4.69) is 0 Å². The van der Waals surface area contributed by atoms with E-state index in [0.717, 1.165) is 0 Å². The molecule has 0 unspecified atom stereocenters. The van der Waals surface area contributed by atoms with Crippen molar-refractivity contribution in [3.05, 3.63) is 27.7 Å². The summed E-state index contributed by atoms with van der Waals surface area (Å²) in [5, 5.41) is 10.4. The van der Waals surface area contributed by atoms with Crippen molar-refractivity contribution in [2.45, 2.75) is 19.1 Å². The average Bonchev–Trinajstić information content (AvgIpc) is 2.15. The normalized spacial score (nSPS) is 14.8. The van der Waals surface area contributed by atoms with Crippen LogP contribution in [-0.2, 0) is 0 Å². The number of methoxy groups -OCH3 is 1. The summed E-state index contributed by atoms with van der Waals surface area (Å²) in [5.74, 6) is 0.402. The summed E-state index contributed by atoms with van der Waals surface area (Å²) in [6, 6.07) is 2.81. The molecule has 0 spiro atoms. The molecule has 3 N–H and O–H groups in total. The largest absolute Gasteiger partial charge is 0.494 e. The van der Waals surface area contributed by atoms with Crippen LogP contribution >= 0.6 is 23.2 Å². The predicted molar refractivity (Wildman–Crippen MR) is 61.6 cm³/mol. The molecule has 3 nitrogen and oxygen atoms in total. The molecule has 15 heavy (non-hydrogen) atoms. The number of halogens is 2. The molecule has 0 bridgehead atoms. The molecule has 0 aliphatic heterocycles. The molecule has 1 aromatic rings. The number of benzene rings is 1. The van der Waals surface area contributed by atoms with E-state index in [4.69, 9.17) is 33.7 Å². The number of aliphatic hydroxyl groups excluding tert-OH is 1. The van der Waals surface area contributed by atoms with Gasteiger partial charge in [-0.15, -0.1) is 0 Å². The Hall–Kier alpha value is -0.480. The summed E-state index contributed by atoms with van der Waals surface area (Å²) in [6.45, 7) is 1.71. The SMILES string of the molecule is COc1c(Cl)cc([C@@H](O)[C@H](C)N)cc1Cl. The van der Waals surface area contributed by atoms with Crippen molar-refractivity contribution in [1.29, 1.82) is 0 Å². The van der Waals surface area contributed by atoms with Crippen LogP contribution in [0.1, 0.15) is 18.6 Å². The van der Waals surface area contributed by atoms with Gasteiger partial charge in [-0.3, -0.25) is 0 Å². The van der Waals surface area contributed by atoms with Gasteiger partial charge in [0.25, 0.3) is 0 Å². The van der Waals surface area contributed by atoms with E-state index in [1.807, 2.05) is 0 Å². The van der Waals surface area contributed by atoms with Crippen LogP contribution in [0.15, 0.2) is 12.1 Å². The Morgan fingerprint density at radius 2 is 1.80 bits per heavy atom. The highest BCUT2D eigenvalue weighted by Crippen LogP contribution is 2.35. The molecule has 0 aromatic heterocycles. The highest BCUT2D eigenvalue weighted by atomic mass is 35.5. The van der Waals surface area contributed by atoms with E-state index in [1.54, 1.807) is 19.1 Å². The zero-order chi connectivity index (χ0) is 11.6. The van der Waals surface area contributed by atoms with Crippen molar-refractivity contribution < 1.29 is 9.84 Å². The first kappa shape index (κ1) is 12.6. The zero-order valence-electron chi connectivity index (χ0n) is 8.50. The molecule has 0 saturated heterocycles. The van der Waals surface area contributed by atoms with Crippen molar-refractivity contribution in [3.8, 4) is 5.75 Å². The van der Waals surface area contributed by atoms with Gasteiger partial charge < -0.3 is 15.6 Å². The van der Waals surface area contributed by atoms with Gasteiger partial charge in [-0.05, 0) is 24.6 Å². The molecule has 5 heteroatoms. The van der Waals surface area contributed by atoms with Gasteiger partial charge in [0.1, 0.15) is 0 Å². The lowest BCUT2D eigenvalue weighted by molar-refractivity contribution is 0.153. The van der Waals surface area contributed by atoms with Crippen LogP contribution < -0.4 is 10.5 Å². The molecular weight excluding hydrogens is 237 g/mol. The lowest BCUT2D eigenvalue weighted by atomic mass is 10.0. The molecule has 84 valence electrons. The molecule has 2 atom stereocenters. The second-order valence-electron chi connectivity index (χ2n) is 3.32.